The first kappa shape index (κ1) is 16.7. The third kappa shape index (κ3) is 4.21. The van der Waals surface area contributed by atoms with Crippen LogP contribution in [0.3, 0.4) is 0 Å². The van der Waals surface area contributed by atoms with E-state index in [9.17, 15) is 14.9 Å². The van der Waals surface area contributed by atoms with Gasteiger partial charge < -0.3 is 0 Å². The molecule has 0 atom stereocenters. The number of nitrogens with one attached hydrogen (secondary N) is 3. The minimum atomic E-state index is -0.495. The van der Waals surface area contributed by atoms with Crippen molar-refractivity contribution < 1.29 is 14.7 Å². The van der Waals surface area contributed by atoms with Gasteiger partial charge in [0.15, 0.2) is 11.0 Å². The summed E-state index contributed by atoms with van der Waals surface area (Å²) in [7, 11) is 0. The van der Waals surface area contributed by atoms with E-state index in [1.165, 1.54) is 24.0 Å². The van der Waals surface area contributed by atoms with Gasteiger partial charge in [-0.25, -0.2) is 15.4 Å². The molecule has 8 nitrogen and oxygen atoms in total. The molecule has 3 N–H and O–H groups in total. The van der Waals surface area contributed by atoms with Crippen molar-refractivity contribution in [1.82, 2.24) is 10.4 Å². The number of carbonyl (C=O) groups is 1. The molecule has 0 aliphatic carbocycles. The molecule has 1 heterocycles. The van der Waals surface area contributed by atoms with Crippen molar-refractivity contribution in [3.8, 4) is 0 Å². The van der Waals surface area contributed by atoms with E-state index in [0.717, 1.165) is 16.2 Å². The predicted octanol–water partition coefficient (Wildman–Crippen LogP) is 2.13. The van der Waals surface area contributed by atoms with Crippen LogP contribution in [0.1, 0.15) is 5.56 Å². The van der Waals surface area contributed by atoms with E-state index in [2.05, 4.69) is 20.5 Å². The monoisotopic (exact) mass is 356 g/mol. The fourth-order valence-electron chi connectivity index (χ4n) is 2.16. The van der Waals surface area contributed by atoms with Gasteiger partial charge >= 0.3 is 5.16 Å². The van der Waals surface area contributed by atoms with Gasteiger partial charge in [-0.1, -0.05) is 24.3 Å². The molecule has 0 aliphatic rings. The summed E-state index contributed by atoms with van der Waals surface area (Å²) in [6.45, 7) is 0. The zero-order valence-electron chi connectivity index (χ0n) is 12.9. The standard InChI is InChI=1S/C16H13N5O3S/c22-15(10-25-16-18-12-6-2-3-7-13(12)19-16)20-17-9-11-5-1-4-8-14(11)21(23)24/h1-9H,10H2,(H,18,19)(H,20,22)/p+1. The number of nitro benzene ring substituents is 1. The number of para-hydroxylation sites is 3. The smallest absolute Gasteiger partial charge is 0.272 e. The fourth-order valence-corrected chi connectivity index (χ4v) is 2.86. The summed E-state index contributed by atoms with van der Waals surface area (Å²) in [6.07, 6.45) is 1.26. The zero-order chi connectivity index (χ0) is 17.6. The van der Waals surface area contributed by atoms with Crippen molar-refractivity contribution in [3.63, 3.8) is 0 Å². The molecule has 9 heteroatoms. The van der Waals surface area contributed by atoms with Gasteiger partial charge in [0.25, 0.3) is 11.6 Å². The lowest BCUT2D eigenvalue weighted by Gasteiger charge is -1.97. The van der Waals surface area contributed by atoms with Crippen LogP contribution < -0.4 is 10.4 Å². The molecule has 0 spiro atoms. The van der Waals surface area contributed by atoms with Crippen LogP contribution in [0.4, 0.5) is 5.69 Å². The molecule has 25 heavy (non-hydrogen) atoms. The van der Waals surface area contributed by atoms with Gasteiger partial charge in [-0.15, -0.1) is 0 Å². The molecule has 0 aliphatic heterocycles. The Balaban J connectivity index is 1.55. The Hall–Kier alpha value is -3.20. The summed E-state index contributed by atoms with van der Waals surface area (Å²) in [5, 5.41) is 15.4. The van der Waals surface area contributed by atoms with E-state index in [0.29, 0.717) is 5.56 Å². The third-order valence-corrected chi connectivity index (χ3v) is 4.20. The summed E-state index contributed by atoms with van der Waals surface area (Å²) >= 11 is 1.30. The maximum absolute atomic E-state index is 11.8. The predicted molar refractivity (Wildman–Crippen MR) is 94.4 cm³/mol. The highest BCUT2D eigenvalue weighted by atomic mass is 32.2. The number of hydrogen-bond acceptors (Lipinski definition) is 5. The first-order chi connectivity index (χ1) is 12.1. The molecule has 3 aromatic rings. The SMILES string of the molecule is O=C(CSc1[nH]c2ccccc2[nH+]1)NN=Cc1ccccc1[N+](=O)[O-]. The van der Waals surface area contributed by atoms with Gasteiger partial charge in [-0.3, -0.25) is 14.9 Å². The topological polar surface area (TPSA) is 115 Å². The van der Waals surface area contributed by atoms with Crippen LogP contribution in [0, 0.1) is 10.1 Å². The van der Waals surface area contributed by atoms with Crippen molar-refractivity contribution >= 4 is 40.6 Å². The average molecular weight is 356 g/mol. The largest absolute Gasteiger partial charge is 0.315 e. The number of amides is 1. The van der Waals surface area contributed by atoms with Gasteiger partial charge in [0, 0.05) is 6.07 Å². The molecule has 1 amide bonds. The molecule has 0 saturated carbocycles. The number of aromatic amines is 2. The Morgan fingerprint density at radius 2 is 2.04 bits per heavy atom. The molecule has 2 aromatic carbocycles. The first-order valence-electron chi connectivity index (χ1n) is 7.31. The van der Waals surface area contributed by atoms with E-state index in [1.54, 1.807) is 18.2 Å². The van der Waals surface area contributed by atoms with E-state index in [1.807, 2.05) is 24.3 Å². The Bertz CT molecular complexity index is 921. The number of nitrogens with zero attached hydrogens (tertiary/aromatic N) is 2. The highest BCUT2D eigenvalue weighted by Crippen LogP contribution is 2.16. The summed E-state index contributed by atoms with van der Waals surface area (Å²) < 4.78 is 0. The van der Waals surface area contributed by atoms with Gasteiger partial charge in [0.1, 0.15) is 0 Å². The van der Waals surface area contributed by atoms with E-state index in [-0.39, 0.29) is 17.3 Å². The molecule has 0 saturated heterocycles. The maximum Gasteiger partial charge on any atom is 0.315 e. The molecule has 3 rings (SSSR count). The molecule has 1 aromatic heterocycles. The van der Waals surface area contributed by atoms with Crippen LogP contribution in [-0.2, 0) is 4.79 Å². The number of hydrogen-bond donors (Lipinski definition) is 2. The lowest BCUT2D eigenvalue weighted by Crippen LogP contribution is -2.20. The van der Waals surface area contributed by atoms with Gasteiger partial charge in [0.05, 0.1) is 22.5 Å². The number of H-pyrrole nitrogens is 2. The Kier molecular flexibility index (Phi) is 5.05. The number of thioether (sulfide) groups is 1. The number of benzene rings is 2. The van der Waals surface area contributed by atoms with Crippen molar-refractivity contribution in [1.29, 1.82) is 0 Å². The number of carbonyl (C=O) groups excluding carboxylic acids is 1. The van der Waals surface area contributed by atoms with Gasteiger partial charge in [-0.05, 0) is 30.0 Å². The number of nitro groups is 1. The van der Waals surface area contributed by atoms with Crippen LogP contribution >= 0.6 is 11.8 Å². The van der Waals surface area contributed by atoms with Crippen LogP contribution in [0.2, 0.25) is 0 Å². The number of fused-ring (bicyclic) bond motifs is 1. The van der Waals surface area contributed by atoms with Crippen LogP contribution in [0.15, 0.2) is 58.8 Å². The van der Waals surface area contributed by atoms with Crippen LogP contribution in [-0.4, -0.2) is 27.8 Å². The number of rotatable bonds is 6. The average Bonchev–Trinajstić information content (AvgIpc) is 3.03. The van der Waals surface area contributed by atoms with Crippen LogP contribution in [0.25, 0.3) is 11.0 Å². The van der Waals surface area contributed by atoms with E-state index in [4.69, 9.17) is 0 Å². The molecule has 0 unspecified atom stereocenters. The minimum Gasteiger partial charge on any atom is -0.272 e. The van der Waals surface area contributed by atoms with Crippen molar-refractivity contribution in [2.75, 3.05) is 5.75 Å². The number of hydrazone groups is 1. The van der Waals surface area contributed by atoms with E-state index < -0.39 is 4.92 Å². The molecular weight excluding hydrogens is 342 g/mol. The second-order valence-corrected chi connectivity index (χ2v) is 6.01. The normalized spacial score (nSPS) is 11.0. The zero-order valence-corrected chi connectivity index (χ0v) is 13.7. The fraction of sp³-hybridized carbons (Fsp3) is 0.0625. The first-order valence-corrected chi connectivity index (χ1v) is 8.30. The Labute approximate surface area is 146 Å². The molecule has 0 radical (unpaired) electrons. The van der Waals surface area contributed by atoms with Crippen LogP contribution in [0.5, 0.6) is 0 Å². The van der Waals surface area contributed by atoms with Gasteiger partial charge in [-0.2, -0.15) is 5.10 Å². The second kappa shape index (κ2) is 7.58. The quantitative estimate of drug-likeness (QED) is 0.305. The molecular formula is C16H14N5O3S+. The lowest BCUT2D eigenvalue weighted by molar-refractivity contribution is -0.396. The third-order valence-electron chi connectivity index (χ3n) is 3.30. The number of aromatic nitrogens is 2. The highest BCUT2D eigenvalue weighted by molar-refractivity contribution is 7.99. The maximum atomic E-state index is 11.8. The Morgan fingerprint density at radius 3 is 2.84 bits per heavy atom. The van der Waals surface area contributed by atoms with Gasteiger partial charge in [0.2, 0.25) is 0 Å². The number of imidazole rings is 1. The lowest BCUT2D eigenvalue weighted by atomic mass is 10.2. The summed E-state index contributed by atoms with van der Waals surface area (Å²) in [5.74, 6) is -0.163. The van der Waals surface area contributed by atoms with Crippen molar-refractivity contribution in [3.05, 3.63) is 64.2 Å². The molecule has 126 valence electrons. The molecule has 0 bridgehead atoms. The Morgan fingerprint density at radius 1 is 1.28 bits per heavy atom. The van der Waals surface area contributed by atoms with E-state index >= 15 is 0 Å². The molecule has 0 fully saturated rings. The minimum absolute atomic E-state index is 0.0671. The van der Waals surface area contributed by atoms with Crippen molar-refractivity contribution in [2.24, 2.45) is 5.10 Å². The summed E-state index contributed by atoms with van der Waals surface area (Å²) in [4.78, 5) is 28.6. The summed E-state index contributed by atoms with van der Waals surface area (Å²) in [5.41, 5.74) is 4.53. The highest BCUT2D eigenvalue weighted by Gasteiger charge is 2.12. The second-order valence-electron chi connectivity index (χ2n) is 5.02. The summed E-state index contributed by atoms with van der Waals surface area (Å²) in [6, 6.07) is 13.9. The van der Waals surface area contributed by atoms with Crippen molar-refractivity contribution in [2.45, 2.75) is 5.16 Å².